The fraction of sp³-hybridized carbons (Fsp3) is 0.667. The highest BCUT2D eigenvalue weighted by Gasteiger charge is 2.22. The van der Waals surface area contributed by atoms with Crippen molar-refractivity contribution >= 4 is 5.91 Å². The van der Waals surface area contributed by atoms with E-state index in [1.165, 1.54) is 6.08 Å². The van der Waals surface area contributed by atoms with Gasteiger partial charge in [0.15, 0.2) is 0 Å². The number of carbonyl (C=O) groups excluding carboxylic acids is 1. The van der Waals surface area contributed by atoms with E-state index in [4.69, 9.17) is 9.47 Å². The van der Waals surface area contributed by atoms with Gasteiger partial charge in [-0.15, -0.1) is 0 Å². The summed E-state index contributed by atoms with van der Waals surface area (Å²) in [5.41, 5.74) is 0. The van der Waals surface area contributed by atoms with Gasteiger partial charge in [-0.1, -0.05) is 6.58 Å². The van der Waals surface area contributed by atoms with Gasteiger partial charge in [0.1, 0.15) is 0 Å². The number of amides is 1. The van der Waals surface area contributed by atoms with Crippen LogP contribution in [0.15, 0.2) is 12.7 Å². The van der Waals surface area contributed by atoms with Crippen LogP contribution < -0.4 is 0 Å². The van der Waals surface area contributed by atoms with Crippen LogP contribution in [0.5, 0.6) is 0 Å². The van der Waals surface area contributed by atoms with Crippen LogP contribution in [0.25, 0.3) is 0 Å². The van der Waals surface area contributed by atoms with Gasteiger partial charge in [0.25, 0.3) is 0 Å². The minimum Gasteiger partial charge on any atom is -0.382 e. The molecule has 0 aliphatic carbocycles. The van der Waals surface area contributed by atoms with Crippen molar-refractivity contribution in [2.45, 2.75) is 6.10 Å². The molecule has 4 heteroatoms. The Hall–Kier alpha value is -0.870. The molecule has 1 heterocycles. The van der Waals surface area contributed by atoms with E-state index >= 15 is 0 Å². The second-order valence-electron chi connectivity index (χ2n) is 2.94. The highest BCUT2D eigenvalue weighted by atomic mass is 16.5. The lowest BCUT2D eigenvalue weighted by molar-refractivity contribution is -0.135. The Morgan fingerprint density at radius 1 is 1.85 bits per heavy atom. The first-order chi connectivity index (χ1) is 6.27. The van der Waals surface area contributed by atoms with E-state index in [1.807, 2.05) is 0 Å². The molecular weight excluding hydrogens is 170 g/mol. The topological polar surface area (TPSA) is 38.8 Å². The van der Waals surface area contributed by atoms with Crippen molar-refractivity contribution in [3.8, 4) is 0 Å². The highest BCUT2D eigenvalue weighted by molar-refractivity contribution is 5.87. The number of morpholine rings is 1. The van der Waals surface area contributed by atoms with Gasteiger partial charge < -0.3 is 14.4 Å². The van der Waals surface area contributed by atoms with Crippen LogP contribution in [0.1, 0.15) is 0 Å². The summed E-state index contributed by atoms with van der Waals surface area (Å²) in [5, 5.41) is 0. The Bertz CT molecular complexity index is 191. The van der Waals surface area contributed by atoms with Crippen molar-refractivity contribution in [2.75, 3.05) is 33.4 Å². The highest BCUT2D eigenvalue weighted by Crippen LogP contribution is 2.05. The third-order valence-corrected chi connectivity index (χ3v) is 1.98. The second kappa shape index (κ2) is 4.99. The first-order valence-corrected chi connectivity index (χ1v) is 4.29. The molecule has 0 radical (unpaired) electrons. The number of hydrogen-bond donors (Lipinski definition) is 0. The number of ether oxygens (including phenoxy) is 2. The van der Waals surface area contributed by atoms with E-state index in [0.717, 1.165) is 0 Å². The zero-order valence-electron chi connectivity index (χ0n) is 7.86. The molecule has 0 N–H and O–H groups in total. The molecule has 1 fully saturated rings. The molecule has 1 amide bonds. The van der Waals surface area contributed by atoms with Crippen LogP contribution in [0, 0.1) is 0 Å². The van der Waals surface area contributed by atoms with Gasteiger partial charge in [0.2, 0.25) is 5.91 Å². The molecule has 13 heavy (non-hydrogen) atoms. The minimum absolute atomic E-state index is 0.00245. The molecule has 0 saturated carbocycles. The quantitative estimate of drug-likeness (QED) is 0.583. The Morgan fingerprint density at radius 2 is 2.62 bits per heavy atom. The van der Waals surface area contributed by atoms with Gasteiger partial charge in [0, 0.05) is 20.2 Å². The molecule has 0 aromatic heterocycles. The van der Waals surface area contributed by atoms with E-state index in [0.29, 0.717) is 26.3 Å². The van der Waals surface area contributed by atoms with Crippen LogP contribution in [0.2, 0.25) is 0 Å². The molecule has 4 nitrogen and oxygen atoms in total. The summed E-state index contributed by atoms with van der Waals surface area (Å²) < 4.78 is 10.3. The smallest absolute Gasteiger partial charge is 0.246 e. The molecule has 1 aliphatic rings. The number of hydrogen-bond acceptors (Lipinski definition) is 3. The van der Waals surface area contributed by atoms with Gasteiger partial charge in [-0.2, -0.15) is 0 Å². The zero-order valence-corrected chi connectivity index (χ0v) is 7.86. The standard InChI is InChI=1S/C9H15NO3/c1-3-9(11)10-4-5-13-8(6-10)7-12-2/h3,8H,1,4-7H2,2H3. The molecule has 0 aromatic rings. The fourth-order valence-electron chi connectivity index (χ4n) is 1.34. The Kier molecular flexibility index (Phi) is 3.92. The van der Waals surface area contributed by atoms with E-state index in [2.05, 4.69) is 6.58 Å². The molecule has 1 atom stereocenters. The van der Waals surface area contributed by atoms with Crippen LogP contribution in [-0.2, 0) is 14.3 Å². The monoisotopic (exact) mass is 185 g/mol. The molecule has 1 rings (SSSR count). The number of nitrogens with zero attached hydrogens (tertiary/aromatic N) is 1. The molecule has 74 valence electrons. The number of carbonyl (C=O) groups is 1. The van der Waals surface area contributed by atoms with Gasteiger partial charge in [-0.25, -0.2) is 0 Å². The third kappa shape index (κ3) is 2.82. The SMILES string of the molecule is C=CC(=O)N1CCOC(COC)C1. The van der Waals surface area contributed by atoms with Crippen molar-refractivity contribution in [2.24, 2.45) is 0 Å². The summed E-state index contributed by atoms with van der Waals surface area (Å²) in [7, 11) is 1.62. The maximum Gasteiger partial charge on any atom is 0.246 e. The normalized spacial score (nSPS) is 22.8. The average molecular weight is 185 g/mol. The van der Waals surface area contributed by atoms with Gasteiger partial charge in [-0.3, -0.25) is 4.79 Å². The summed E-state index contributed by atoms with van der Waals surface area (Å²) in [6, 6.07) is 0. The predicted octanol–water partition coefficient (Wildman–Crippen LogP) is 0.0462. The maximum absolute atomic E-state index is 11.2. The van der Waals surface area contributed by atoms with E-state index in [9.17, 15) is 4.79 Å². The second-order valence-corrected chi connectivity index (χ2v) is 2.94. The number of methoxy groups -OCH3 is 1. The molecular formula is C9H15NO3. The van der Waals surface area contributed by atoms with Crippen LogP contribution in [0.4, 0.5) is 0 Å². The summed E-state index contributed by atoms with van der Waals surface area (Å²) in [5.74, 6) is -0.0376. The van der Waals surface area contributed by atoms with Crippen molar-refractivity contribution in [3.63, 3.8) is 0 Å². The molecule has 1 aliphatic heterocycles. The number of rotatable bonds is 3. The molecule has 1 saturated heterocycles. The van der Waals surface area contributed by atoms with Crippen LogP contribution >= 0.6 is 0 Å². The lowest BCUT2D eigenvalue weighted by Crippen LogP contribution is -2.46. The summed E-state index contributed by atoms with van der Waals surface area (Å²) in [4.78, 5) is 13.0. The van der Waals surface area contributed by atoms with E-state index in [-0.39, 0.29) is 12.0 Å². The lowest BCUT2D eigenvalue weighted by atomic mass is 10.3. The largest absolute Gasteiger partial charge is 0.382 e. The first-order valence-electron chi connectivity index (χ1n) is 4.29. The van der Waals surface area contributed by atoms with Crippen molar-refractivity contribution in [3.05, 3.63) is 12.7 Å². The Labute approximate surface area is 78.1 Å². The van der Waals surface area contributed by atoms with E-state index in [1.54, 1.807) is 12.0 Å². The Morgan fingerprint density at radius 3 is 3.23 bits per heavy atom. The van der Waals surface area contributed by atoms with Crippen molar-refractivity contribution in [1.29, 1.82) is 0 Å². The van der Waals surface area contributed by atoms with Crippen LogP contribution in [-0.4, -0.2) is 50.3 Å². The Balaban J connectivity index is 2.41. The molecule has 1 unspecified atom stereocenters. The van der Waals surface area contributed by atoms with E-state index < -0.39 is 0 Å². The van der Waals surface area contributed by atoms with Gasteiger partial charge >= 0.3 is 0 Å². The summed E-state index contributed by atoms with van der Waals surface area (Å²) in [6.07, 6.45) is 1.33. The van der Waals surface area contributed by atoms with Gasteiger partial charge in [-0.05, 0) is 6.08 Å². The summed E-state index contributed by atoms with van der Waals surface area (Å²) >= 11 is 0. The zero-order chi connectivity index (χ0) is 9.68. The van der Waals surface area contributed by atoms with Crippen LogP contribution in [0.3, 0.4) is 0 Å². The molecule has 0 spiro atoms. The maximum atomic E-state index is 11.2. The lowest BCUT2D eigenvalue weighted by Gasteiger charge is -2.31. The van der Waals surface area contributed by atoms with Crippen molar-refractivity contribution in [1.82, 2.24) is 4.90 Å². The average Bonchev–Trinajstić information content (AvgIpc) is 2.18. The molecule has 0 aromatic carbocycles. The third-order valence-electron chi connectivity index (χ3n) is 1.98. The predicted molar refractivity (Wildman–Crippen MR) is 48.4 cm³/mol. The van der Waals surface area contributed by atoms with Crippen molar-refractivity contribution < 1.29 is 14.3 Å². The summed E-state index contributed by atoms with van der Waals surface area (Å²) in [6.45, 7) is 5.79. The minimum atomic E-state index is -0.0376. The fourth-order valence-corrected chi connectivity index (χ4v) is 1.34. The molecule has 0 bridgehead atoms. The van der Waals surface area contributed by atoms with Gasteiger partial charge in [0.05, 0.1) is 19.3 Å². The first kappa shape index (κ1) is 10.2.